The number of rotatable bonds is 2. The molecule has 2 aliphatic rings. The van der Waals surface area contributed by atoms with Crippen molar-refractivity contribution in [1.29, 1.82) is 0 Å². The Labute approximate surface area is 141 Å². The summed E-state index contributed by atoms with van der Waals surface area (Å²) in [5.74, 6) is 0. The Morgan fingerprint density at radius 1 is 1.25 bits per heavy atom. The van der Waals surface area contributed by atoms with E-state index in [2.05, 4.69) is 4.98 Å². The molecular formula is C17H21N3O3S. The first-order valence-corrected chi connectivity index (χ1v) is 9.67. The molecule has 1 aromatic heterocycles. The van der Waals surface area contributed by atoms with E-state index in [9.17, 15) is 8.42 Å². The zero-order valence-corrected chi connectivity index (χ0v) is 14.2. The van der Waals surface area contributed by atoms with Gasteiger partial charge in [-0.15, -0.1) is 0 Å². The molecule has 2 saturated heterocycles. The van der Waals surface area contributed by atoms with Gasteiger partial charge in [0.1, 0.15) is 0 Å². The van der Waals surface area contributed by atoms with Gasteiger partial charge in [-0.1, -0.05) is 6.07 Å². The van der Waals surface area contributed by atoms with Gasteiger partial charge in [0.2, 0.25) is 10.0 Å². The Kier molecular flexibility index (Phi) is 3.84. The molecule has 0 amide bonds. The first-order chi connectivity index (χ1) is 11.5. The lowest BCUT2D eigenvalue weighted by molar-refractivity contribution is -0.0310. The van der Waals surface area contributed by atoms with E-state index >= 15 is 0 Å². The maximum atomic E-state index is 12.9. The number of nitrogens with zero attached hydrogens (tertiary/aromatic N) is 2. The summed E-state index contributed by atoms with van der Waals surface area (Å²) in [6, 6.07) is 8.85. The monoisotopic (exact) mass is 347 g/mol. The fraction of sp³-hybridized carbons (Fsp3) is 0.471. The van der Waals surface area contributed by atoms with Crippen LogP contribution in [0.25, 0.3) is 10.9 Å². The van der Waals surface area contributed by atoms with Gasteiger partial charge in [-0.05, 0) is 43.5 Å². The van der Waals surface area contributed by atoms with Crippen molar-refractivity contribution < 1.29 is 13.2 Å². The molecule has 2 fully saturated rings. The minimum Gasteiger partial charge on any atom is -0.373 e. The molecule has 0 aliphatic carbocycles. The topological polar surface area (TPSA) is 85.5 Å². The summed E-state index contributed by atoms with van der Waals surface area (Å²) < 4.78 is 33.3. The third-order valence-electron chi connectivity index (χ3n) is 5.08. The molecule has 0 radical (unpaired) electrons. The van der Waals surface area contributed by atoms with Crippen LogP contribution in [0.4, 0.5) is 0 Å². The number of nitrogens with two attached hydrogens (primary N) is 1. The number of piperidine rings is 1. The largest absolute Gasteiger partial charge is 0.373 e. The molecule has 2 aromatic rings. The molecule has 4 rings (SSSR count). The van der Waals surface area contributed by atoms with Crippen LogP contribution in [0.2, 0.25) is 0 Å². The van der Waals surface area contributed by atoms with E-state index in [0.29, 0.717) is 37.4 Å². The lowest BCUT2D eigenvalue weighted by atomic mass is 9.88. The molecule has 1 aromatic carbocycles. The van der Waals surface area contributed by atoms with Crippen LogP contribution >= 0.6 is 0 Å². The van der Waals surface area contributed by atoms with Gasteiger partial charge < -0.3 is 10.5 Å². The first-order valence-electron chi connectivity index (χ1n) is 8.23. The van der Waals surface area contributed by atoms with Gasteiger partial charge in [-0.2, -0.15) is 4.31 Å². The van der Waals surface area contributed by atoms with Gasteiger partial charge in [0.25, 0.3) is 0 Å². The van der Waals surface area contributed by atoms with Crippen LogP contribution in [0.5, 0.6) is 0 Å². The zero-order chi connectivity index (χ0) is 16.8. The van der Waals surface area contributed by atoms with E-state index in [4.69, 9.17) is 10.5 Å². The van der Waals surface area contributed by atoms with E-state index in [1.165, 1.54) is 0 Å². The number of pyridine rings is 1. The van der Waals surface area contributed by atoms with Crippen molar-refractivity contribution >= 4 is 20.9 Å². The Morgan fingerprint density at radius 2 is 2.04 bits per heavy atom. The second-order valence-corrected chi connectivity index (χ2v) is 8.66. The molecule has 2 N–H and O–H groups in total. The highest BCUT2D eigenvalue weighted by atomic mass is 32.2. The quantitative estimate of drug-likeness (QED) is 0.890. The van der Waals surface area contributed by atoms with Crippen LogP contribution in [-0.4, -0.2) is 49.0 Å². The number of aromatic nitrogens is 1. The molecule has 24 heavy (non-hydrogen) atoms. The number of fused-ring (bicyclic) bond motifs is 1. The number of hydrogen-bond donors (Lipinski definition) is 1. The number of hydrogen-bond acceptors (Lipinski definition) is 5. The number of ether oxygens (including phenoxy) is 1. The van der Waals surface area contributed by atoms with E-state index < -0.39 is 10.0 Å². The summed E-state index contributed by atoms with van der Waals surface area (Å²) >= 11 is 0. The highest BCUT2D eigenvalue weighted by Gasteiger charge is 2.43. The lowest BCUT2D eigenvalue weighted by Crippen LogP contribution is -2.46. The fourth-order valence-corrected chi connectivity index (χ4v) is 5.20. The molecule has 7 heteroatoms. The smallest absolute Gasteiger partial charge is 0.243 e. The highest BCUT2D eigenvalue weighted by molar-refractivity contribution is 7.89. The number of benzene rings is 1. The average Bonchev–Trinajstić information content (AvgIpc) is 2.95. The van der Waals surface area contributed by atoms with Crippen LogP contribution in [0.3, 0.4) is 0 Å². The van der Waals surface area contributed by atoms with Crippen LogP contribution in [0.15, 0.2) is 41.4 Å². The van der Waals surface area contributed by atoms with Gasteiger partial charge in [0.05, 0.1) is 22.6 Å². The van der Waals surface area contributed by atoms with Crippen LogP contribution in [0.1, 0.15) is 19.3 Å². The Bertz CT molecular complexity index is 860. The van der Waals surface area contributed by atoms with Crippen LogP contribution < -0.4 is 5.73 Å². The summed E-state index contributed by atoms with van der Waals surface area (Å²) in [4.78, 5) is 4.56. The molecule has 1 unspecified atom stereocenters. The standard InChI is InChI=1S/C17H21N3O3S/c18-14-11-17(23-12-14)5-8-20(9-6-17)24(21,22)15-3-4-16-13(10-15)2-1-7-19-16/h1-4,7,10,14H,5-6,8-9,11-12,18H2. The summed E-state index contributed by atoms with van der Waals surface area (Å²) in [6.45, 7) is 1.52. The van der Waals surface area contributed by atoms with Crippen LogP contribution in [0, 0.1) is 0 Å². The highest BCUT2D eigenvalue weighted by Crippen LogP contribution is 2.36. The Morgan fingerprint density at radius 3 is 2.75 bits per heavy atom. The molecule has 3 heterocycles. The van der Waals surface area contributed by atoms with Crippen LogP contribution in [-0.2, 0) is 14.8 Å². The van der Waals surface area contributed by atoms with Gasteiger partial charge in [-0.25, -0.2) is 8.42 Å². The minimum atomic E-state index is -3.49. The van der Waals surface area contributed by atoms with E-state index in [-0.39, 0.29) is 11.6 Å². The maximum absolute atomic E-state index is 12.9. The third kappa shape index (κ3) is 2.71. The average molecular weight is 347 g/mol. The minimum absolute atomic E-state index is 0.0705. The first kappa shape index (κ1) is 16.0. The summed E-state index contributed by atoms with van der Waals surface area (Å²) in [6.07, 6.45) is 3.93. The number of sulfonamides is 1. The van der Waals surface area contributed by atoms with Crippen molar-refractivity contribution in [2.45, 2.75) is 35.8 Å². The summed E-state index contributed by atoms with van der Waals surface area (Å²) in [5.41, 5.74) is 6.51. The second-order valence-electron chi connectivity index (χ2n) is 6.72. The molecule has 6 nitrogen and oxygen atoms in total. The molecule has 1 spiro atoms. The summed E-state index contributed by atoms with van der Waals surface area (Å²) in [7, 11) is -3.49. The van der Waals surface area contributed by atoms with Gasteiger partial charge >= 0.3 is 0 Å². The lowest BCUT2D eigenvalue weighted by Gasteiger charge is -2.37. The molecule has 128 valence electrons. The van der Waals surface area contributed by atoms with Gasteiger partial charge in [-0.3, -0.25) is 4.98 Å². The van der Waals surface area contributed by atoms with Gasteiger partial charge in [0.15, 0.2) is 0 Å². The SMILES string of the molecule is NC1COC2(CCN(S(=O)(=O)c3ccc4ncccc4c3)CC2)C1. The third-order valence-corrected chi connectivity index (χ3v) is 6.98. The normalized spacial score (nSPS) is 24.6. The molecular weight excluding hydrogens is 326 g/mol. The van der Waals surface area contributed by atoms with Crippen molar-refractivity contribution in [3.63, 3.8) is 0 Å². The van der Waals surface area contributed by atoms with Crippen molar-refractivity contribution in [2.75, 3.05) is 19.7 Å². The van der Waals surface area contributed by atoms with Crippen molar-refractivity contribution in [1.82, 2.24) is 9.29 Å². The maximum Gasteiger partial charge on any atom is 0.243 e. The van der Waals surface area contributed by atoms with E-state index in [0.717, 1.165) is 17.3 Å². The van der Waals surface area contributed by atoms with E-state index in [1.54, 1.807) is 28.7 Å². The predicted molar refractivity (Wildman–Crippen MR) is 91.0 cm³/mol. The fourth-order valence-electron chi connectivity index (χ4n) is 3.73. The zero-order valence-electron chi connectivity index (χ0n) is 13.4. The molecule has 0 bridgehead atoms. The van der Waals surface area contributed by atoms with Crippen molar-refractivity contribution in [2.24, 2.45) is 5.73 Å². The second kappa shape index (κ2) is 5.77. The van der Waals surface area contributed by atoms with Crippen molar-refractivity contribution in [3.8, 4) is 0 Å². The van der Waals surface area contributed by atoms with Gasteiger partial charge in [0, 0.05) is 30.7 Å². The molecule has 0 saturated carbocycles. The molecule has 1 atom stereocenters. The summed E-state index contributed by atoms with van der Waals surface area (Å²) in [5, 5.41) is 0.831. The molecule has 2 aliphatic heterocycles. The Balaban J connectivity index is 1.56. The predicted octanol–water partition coefficient (Wildman–Crippen LogP) is 1.51. The van der Waals surface area contributed by atoms with E-state index in [1.807, 2.05) is 12.1 Å². The van der Waals surface area contributed by atoms with Crippen molar-refractivity contribution in [3.05, 3.63) is 36.5 Å². The Hall–Kier alpha value is -1.54.